The Bertz CT molecular complexity index is 751. The summed E-state index contributed by atoms with van der Waals surface area (Å²) in [5.41, 5.74) is 2.26. The third kappa shape index (κ3) is 3.45. The number of carbonyl (C=O) groups is 1. The first-order chi connectivity index (χ1) is 12.2. The second-order valence-electron chi connectivity index (χ2n) is 7.54. The monoisotopic (exact) mass is 340 g/mol. The van der Waals surface area contributed by atoms with Gasteiger partial charge in [0.25, 0.3) is 0 Å². The molecule has 0 radical (unpaired) electrons. The van der Waals surface area contributed by atoms with Crippen molar-refractivity contribution in [3.63, 3.8) is 0 Å². The number of hydrogen-bond donors (Lipinski definition) is 0. The van der Waals surface area contributed by atoms with Crippen molar-refractivity contribution in [3.8, 4) is 0 Å². The van der Waals surface area contributed by atoms with Gasteiger partial charge in [-0.2, -0.15) is 0 Å². The molecule has 1 aromatic carbocycles. The highest BCUT2D eigenvalue weighted by Crippen LogP contribution is 2.29. The quantitative estimate of drug-likeness (QED) is 0.822. The number of amides is 1. The molecule has 25 heavy (non-hydrogen) atoms. The van der Waals surface area contributed by atoms with Crippen LogP contribution in [0.15, 0.2) is 28.7 Å². The lowest BCUT2D eigenvalue weighted by molar-refractivity contribution is -0.127. The fourth-order valence-corrected chi connectivity index (χ4v) is 4.40. The molecule has 2 saturated heterocycles. The first-order valence-electron chi connectivity index (χ1n) is 9.71. The van der Waals surface area contributed by atoms with Crippen molar-refractivity contribution < 1.29 is 9.21 Å². The van der Waals surface area contributed by atoms with Gasteiger partial charge < -0.3 is 9.32 Å². The molecule has 4 heteroatoms. The van der Waals surface area contributed by atoms with Crippen molar-refractivity contribution in [1.82, 2.24) is 9.80 Å². The second kappa shape index (κ2) is 7.20. The molecule has 0 spiro atoms. The Kier molecular flexibility index (Phi) is 4.80. The third-order valence-electron chi connectivity index (χ3n) is 5.94. The number of carbonyl (C=O) groups excluding carboxylic acids is 1. The number of rotatable bonds is 5. The molecule has 0 N–H and O–H groups in total. The maximum Gasteiger partial charge on any atom is 0.222 e. The Morgan fingerprint density at radius 2 is 2.04 bits per heavy atom. The largest absolute Gasteiger partial charge is 0.459 e. The van der Waals surface area contributed by atoms with E-state index < -0.39 is 0 Å². The third-order valence-corrected chi connectivity index (χ3v) is 5.94. The molecular formula is C21H28N2O2. The van der Waals surface area contributed by atoms with Crippen LogP contribution in [0, 0.1) is 6.92 Å². The molecule has 1 amide bonds. The predicted octanol–water partition coefficient (Wildman–Crippen LogP) is 4.11. The summed E-state index contributed by atoms with van der Waals surface area (Å²) in [5.74, 6) is 1.45. The number of para-hydroxylation sites is 1. The molecule has 2 aromatic rings. The number of fused-ring (bicyclic) bond motifs is 1. The Labute approximate surface area is 149 Å². The molecule has 0 aliphatic carbocycles. The smallest absolute Gasteiger partial charge is 0.222 e. The number of benzene rings is 1. The molecule has 1 aromatic heterocycles. The molecule has 0 saturated carbocycles. The summed E-state index contributed by atoms with van der Waals surface area (Å²) in [6.07, 6.45) is 6.66. The summed E-state index contributed by atoms with van der Waals surface area (Å²) in [6.45, 7) is 6.06. The van der Waals surface area contributed by atoms with E-state index in [2.05, 4.69) is 34.9 Å². The summed E-state index contributed by atoms with van der Waals surface area (Å²) in [4.78, 5) is 16.5. The van der Waals surface area contributed by atoms with E-state index in [9.17, 15) is 4.79 Å². The molecule has 2 fully saturated rings. The zero-order valence-corrected chi connectivity index (χ0v) is 15.2. The lowest BCUT2D eigenvalue weighted by atomic mass is 9.98. The van der Waals surface area contributed by atoms with Crippen LogP contribution in [0.2, 0.25) is 0 Å². The van der Waals surface area contributed by atoms with Gasteiger partial charge in [-0.1, -0.05) is 24.6 Å². The van der Waals surface area contributed by atoms with Crippen LogP contribution in [-0.2, 0) is 11.3 Å². The maximum absolute atomic E-state index is 11.9. The van der Waals surface area contributed by atoms with E-state index in [1.54, 1.807) is 0 Å². The molecule has 2 aliphatic heterocycles. The minimum atomic E-state index is 0.343. The van der Waals surface area contributed by atoms with E-state index in [-0.39, 0.29) is 0 Å². The average molecular weight is 340 g/mol. The molecule has 0 bridgehead atoms. The van der Waals surface area contributed by atoms with E-state index in [0.717, 1.165) is 56.8 Å². The maximum atomic E-state index is 11.9. The van der Waals surface area contributed by atoms with Crippen LogP contribution in [-0.4, -0.2) is 41.4 Å². The standard InChI is InChI=1S/C21H28N2O2/c1-16-18-8-2-3-9-19(18)25-20(16)15-23-12-5-4-7-17(23)11-14-22-13-6-10-21(22)24/h2-3,8-9,17H,4-7,10-15H2,1H3. The predicted molar refractivity (Wildman–Crippen MR) is 99.4 cm³/mol. The van der Waals surface area contributed by atoms with Crippen LogP contribution < -0.4 is 0 Å². The summed E-state index contributed by atoms with van der Waals surface area (Å²) >= 11 is 0. The van der Waals surface area contributed by atoms with Crippen molar-refractivity contribution in [3.05, 3.63) is 35.6 Å². The minimum absolute atomic E-state index is 0.343. The lowest BCUT2D eigenvalue weighted by Crippen LogP contribution is -2.41. The van der Waals surface area contributed by atoms with Gasteiger partial charge in [-0.3, -0.25) is 9.69 Å². The van der Waals surface area contributed by atoms with Crippen molar-refractivity contribution in [2.24, 2.45) is 0 Å². The van der Waals surface area contributed by atoms with Gasteiger partial charge in [0.2, 0.25) is 5.91 Å². The number of likely N-dealkylation sites (tertiary alicyclic amines) is 2. The molecule has 1 atom stereocenters. The highest BCUT2D eigenvalue weighted by molar-refractivity contribution is 5.81. The number of nitrogens with zero attached hydrogens (tertiary/aromatic N) is 2. The highest BCUT2D eigenvalue weighted by Gasteiger charge is 2.27. The van der Waals surface area contributed by atoms with Crippen molar-refractivity contribution in [2.75, 3.05) is 19.6 Å². The highest BCUT2D eigenvalue weighted by atomic mass is 16.3. The summed E-state index contributed by atoms with van der Waals surface area (Å²) < 4.78 is 6.14. The number of hydrogen-bond acceptors (Lipinski definition) is 3. The van der Waals surface area contributed by atoms with E-state index in [1.807, 2.05) is 6.07 Å². The van der Waals surface area contributed by atoms with Crippen molar-refractivity contribution in [2.45, 2.75) is 58.0 Å². The van der Waals surface area contributed by atoms with Crippen molar-refractivity contribution in [1.29, 1.82) is 0 Å². The molecular weight excluding hydrogens is 312 g/mol. The second-order valence-corrected chi connectivity index (χ2v) is 7.54. The zero-order chi connectivity index (χ0) is 17.2. The normalized spacial score (nSPS) is 22.2. The Hall–Kier alpha value is -1.81. The Balaban J connectivity index is 1.45. The summed E-state index contributed by atoms with van der Waals surface area (Å²) in [5, 5.41) is 1.23. The van der Waals surface area contributed by atoms with Crippen molar-refractivity contribution >= 4 is 16.9 Å². The van der Waals surface area contributed by atoms with Crippen LogP contribution in [0.5, 0.6) is 0 Å². The summed E-state index contributed by atoms with van der Waals surface area (Å²) in [7, 11) is 0. The number of aryl methyl sites for hydroxylation is 1. The number of piperidine rings is 1. The number of furan rings is 1. The van der Waals surface area contributed by atoms with Gasteiger partial charge in [-0.25, -0.2) is 0 Å². The van der Waals surface area contributed by atoms with Crippen LogP contribution in [0.25, 0.3) is 11.0 Å². The van der Waals surface area contributed by atoms with Gasteiger partial charge in [0, 0.05) is 30.9 Å². The van der Waals surface area contributed by atoms with Gasteiger partial charge in [0.05, 0.1) is 6.54 Å². The van der Waals surface area contributed by atoms with Gasteiger partial charge in [-0.05, 0) is 50.8 Å². The molecule has 134 valence electrons. The van der Waals surface area contributed by atoms with E-state index >= 15 is 0 Å². The lowest BCUT2D eigenvalue weighted by Gasteiger charge is -2.36. The van der Waals surface area contributed by atoms with Gasteiger partial charge in [0.15, 0.2) is 0 Å². The van der Waals surface area contributed by atoms with Gasteiger partial charge >= 0.3 is 0 Å². The Morgan fingerprint density at radius 1 is 1.16 bits per heavy atom. The minimum Gasteiger partial charge on any atom is -0.459 e. The van der Waals surface area contributed by atoms with E-state index in [1.165, 1.54) is 30.2 Å². The van der Waals surface area contributed by atoms with E-state index in [4.69, 9.17) is 4.42 Å². The molecule has 3 heterocycles. The average Bonchev–Trinajstić information content (AvgIpc) is 3.18. The van der Waals surface area contributed by atoms with Gasteiger partial charge in [0.1, 0.15) is 11.3 Å². The molecule has 2 aliphatic rings. The van der Waals surface area contributed by atoms with Crippen LogP contribution in [0.3, 0.4) is 0 Å². The van der Waals surface area contributed by atoms with Gasteiger partial charge in [-0.15, -0.1) is 0 Å². The fourth-order valence-electron chi connectivity index (χ4n) is 4.40. The molecule has 4 rings (SSSR count). The van der Waals surface area contributed by atoms with Crippen LogP contribution >= 0.6 is 0 Å². The molecule has 1 unspecified atom stereocenters. The Morgan fingerprint density at radius 3 is 2.84 bits per heavy atom. The topological polar surface area (TPSA) is 36.7 Å². The molecule has 4 nitrogen and oxygen atoms in total. The van der Waals surface area contributed by atoms with Crippen LogP contribution in [0.4, 0.5) is 0 Å². The SMILES string of the molecule is Cc1c(CN2CCCCC2CCN2CCCC2=O)oc2ccccc12. The first kappa shape index (κ1) is 16.6. The van der Waals surface area contributed by atoms with E-state index in [0.29, 0.717) is 11.9 Å². The summed E-state index contributed by atoms with van der Waals surface area (Å²) in [6, 6.07) is 8.87. The first-order valence-corrected chi connectivity index (χ1v) is 9.71. The van der Waals surface area contributed by atoms with Crippen LogP contribution in [0.1, 0.15) is 49.8 Å². The fraction of sp³-hybridized carbons (Fsp3) is 0.571. The zero-order valence-electron chi connectivity index (χ0n) is 15.2.